The van der Waals surface area contributed by atoms with E-state index in [0.29, 0.717) is 17.1 Å². The van der Waals surface area contributed by atoms with Crippen molar-refractivity contribution in [2.75, 3.05) is 0 Å². The van der Waals surface area contributed by atoms with Crippen LogP contribution in [-0.4, -0.2) is 5.11 Å². The summed E-state index contributed by atoms with van der Waals surface area (Å²) in [6, 6.07) is 21.6. The van der Waals surface area contributed by atoms with Crippen LogP contribution >= 0.6 is 31.9 Å². The number of halogens is 2. The predicted octanol–water partition coefficient (Wildman–Crippen LogP) is 6.99. The van der Waals surface area contributed by atoms with Crippen LogP contribution in [0, 0.1) is 0 Å². The van der Waals surface area contributed by atoms with Crippen molar-refractivity contribution in [3.05, 3.63) is 103 Å². The van der Waals surface area contributed by atoms with Crippen LogP contribution in [0.25, 0.3) is 34.5 Å². The third-order valence-electron chi connectivity index (χ3n) is 4.33. The SMILES string of the molecule is O=c1ccc2c(C=C(O)c3ccc(Br)cc3)cc(-c3ccc(Br)cc3)oc-2c1. The van der Waals surface area contributed by atoms with E-state index in [1.807, 2.05) is 54.6 Å². The number of aliphatic hydroxyl groups excluding tert-OH is 1. The average molecular weight is 498 g/mol. The van der Waals surface area contributed by atoms with Gasteiger partial charge in [-0.1, -0.05) is 56.1 Å². The predicted molar refractivity (Wildman–Crippen MR) is 119 cm³/mol. The van der Waals surface area contributed by atoms with Crippen molar-refractivity contribution < 1.29 is 9.52 Å². The maximum absolute atomic E-state index is 11.8. The molecule has 0 fully saturated rings. The number of hydrogen-bond donors (Lipinski definition) is 1. The van der Waals surface area contributed by atoms with Crippen LogP contribution in [0.4, 0.5) is 0 Å². The van der Waals surface area contributed by atoms with E-state index in [1.54, 1.807) is 12.1 Å². The molecule has 0 amide bonds. The molecular formula is C23H14Br2O3. The van der Waals surface area contributed by atoms with Crippen LogP contribution < -0.4 is 5.43 Å². The molecule has 0 spiro atoms. The third-order valence-corrected chi connectivity index (χ3v) is 5.39. The summed E-state index contributed by atoms with van der Waals surface area (Å²) in [5, 5.41) is 10.6. The first-order valence-electron chi connectivity index (χ1n) is 8.50. The first-order valence-corrected chi connectivity index (χ1v) is 10.1. The topological polar surface area (TPSA) is 50.4 Å². The summed E-state index contributed by atoms with van der Waals surface area (Å²) in [4.78, 5) is 11.8. The lowest BCUT2D eigenvalue weighted by atomic mass is 10.00. The van der Waals surface area contributed by atoms with E-state index in [0.717, 1.165) is 25.6 Å². The minimum Gasteiger partial charge on any atom is -0.507 e. The summed E-state index contributed by atoms with van der Waals surface area (Å²) in [5.41, 5.74) is 2.96. The summed E-state index contributed by atoms with van der Waals surface area (Å²) < 4.78 is 7.88. The van der Waals surface area contributed by atoms with Crippen molar-refractivity contribution in [3.63, 3.8) is 0 Å². The fraction of sp³-hybridized carbons (Fsp3) is 0. The number of hydrogen-bond acceptors (Lipinski definition) is 3. The van der Waals surface area contributed by atoms with Gasteiger partial charge in [0.2, 0.25) is 0 Å². The molecule has 0 saturated carbocycles. The van der Waals surface area contributed by atoms with Gasteiger partial charge in [-0.15, -0.1) is 0 Å². The van der Waals surface area contributed by atoms with Gasteiger partial charge in [0.05, 0.1) is 0 Å². The Kier molecular flexibility index (Phi) is 5.20. The molecule has 0 unspecified atom stereocenters. The van der Waals surface area contributed by atoms with Crippen LogP contribution in [0.1, 0.15) is 11.1 Å². The van der Waals surface area contributed by atoms with E-state index < -0.39 is 0 Å². The molecule has 1 aliphatic carbocycles. The Bertz CT molecular complexity index is 1190. The maximum atomic E-state index is 11.8. The van der Waals surface area contributed by atoms with Crippen LogP contribution in [-0.2, 0) is 0 Å². The standard InChI is InChI=1S/C23H14Br2O3/c24-17-5-1-14(2-6-17)21(27)11-16-12-22(15-3-7-18(25)8-4-15)28-23-13-19(26)9-10-20(16)23/h1-13,27H. The highest BCUT2D eigenvalue weighted by Gasteiger charge is 2.14. The molecule has 0 atom stereocenters. The fourth-order valence-corrected chi connectivity index (χ4v) is 3.45. The van der Waals surface area contributed by atoms with Gasteiger partial charge in [-0.2, -0.15) is 0 Å². The summed E-state index contributed by atoms with van der Waals surface area (Å²) in [6.45, 7) is 0. The molecule has 1 N–H and O–H groups in total. The summed E-state index contributed by atoms with van der Waals surface area (Å²) in [7, 11) is 0. The van der Waals surface area contributed by atoms with E-state index in [1.165, 1.54) is 12.1 Å². The number of benzene rings is 3. The normalized spacial score (nSPS) is 11.7. The lowest BCUT2D eigenvalue weighted by Crippen LogP contribution is -1.99. The van der Waals surface area contributed by atoms with E-state index in [9.17, 15) is 9.90 Å². The summed E-state index contributed by atoms with van der Waals surface area (Å²) in [5.74, 6) is 1.22. The Morgan fingerprint density at radius 3 is 2.14 bits per heavy atom. The van der Waals surface area contributed by atoms with Gasteiger partial charge in [-0.05, 0) is 54.1 Å². The Hall–Kier alpha value is -2.63. The fourth-order valence-electron chi connectivity index (χ4n) is 2.92. The molecule has 2 aliphatic rings. The van der Waals surface area contributed by atoms with Gasteiger partial charge in [0.15, 0.2) is 5.43 Å². The van der Waals surface area contributed by atoms with E-state index >= 15 is 0 Å². The quantitative estimate of drug-likeness (QED) is 0.310. The van der Waals surface area contributed by atoms with Crippen LogP contribution in [0.5, 0.6) is 0 Å². The Labute approximate surface area is 178 Å². The molecule has 1 heterocycles. The zero-order chi connectivity index (χ0) is 19.7. The highest BCUT2D eigenvalue weighted by Crippen LogP contribution is 2.34. The molecule has 4 rings (SSSR count). The lowest BCUT2D eigenvalue weighted by Gasteiger charge is -2.12. The highest BCUT2D eigenvalue weighted by atomic mass is 79.9. The Morgan fingerprint density at radius 2 is 1.46 bits per heavy atom. The molecule has 3 nitrogen and oxygen atoms in total. The molecule has 0 saturated heterocycles. The molecule has 2 aromatic rings. The molecule has 2 aromatic carbocycles. The molecule has 0 bridgehead atoms. The minimum absolute atomic E-state index is 0.128. The molecule has 5 heteroatoms. The van der Waals surface area contributed by atoms with Gasteiger partial charge in [-0.25, -0.2) is 0 Å². The second kappa shape index (κ2) is 7.78. The van der Waals surface area contributed by atoms with Gasteiger partial charge in [-0.3, -0.25) is 4.79 Å². The van der Waals surface area contributed by atoms with Crippen molar-refractivity contribution in [1.29, 1.82) is 0 Å². The van der Waals surface area contributed by atoms with Gasteiger partial charge in [0.1, 0.15) is 17.3 Å². The van der Waals surface area contributed by atoms with E-state index in [-0.39, 0.29) is 11.2 Å². The third kappa shape index (κ3) is 3.96. The molecule has 138 valence electrons. The van der Waals surface area contributed by atoms with Crippen LogP contribution in [0.3, 0.4) is 0 Å². The molecule has 0 aromatic heterocycles. The van der Waals surface area contributed by atoms with Crippen molar-refractivity contribution in [1.82, 2.24) is 0 Å². The van der Waals surface area contributed by atoms with E-state index in [2.05, 4.69) is 31.9 Å². The number of fused-ring (bicyclic) bond motifs is 1. The lowest BCUT2D eigenvalue weighted by molar-refractivity contribution is 0.515. The number of aliphatic hydroxyl groups is 1. The van der Waals surface area contributed by atoms with Gasteiger partial charge >= 0.3 is 0 Å². The molecule has 0 radical (unpaired) electrons. The maximum Gasteiger partial charge on any atom is 0.182 e. The van der Waals surface area contributed by atoms with Crippen LogP contribution in [0.15, 0.2) is 91.0 Å². The van der Waals surface area contributed by atoms with Crippen molar-refractivity contribution in [2.24, 2.45) is 0 Å². The summed E-state index contributed by atoms with van der Waals surface area (Å²) in [6.07, 6.45) is 1.69. The van der Waals surface area contributed by atoms with Crippen LogP contribution in [0.2, 0.25) is 0 Å². The molecule has 28 heavy (non-hydrogen) atoms. The number of rotatable bonds is 3. The van der Waals surface area contributed by atoms with Gasteiger partial charge in [0.25, 0.3) is 0 Å². The zero-order valence-corrected chi connectivity index (χ0v) is 17.7. The van der Waals surface area contributed by atoms with Crippen molar-refractivity contribution >= 4 is 43.7 Å². The van der Waals surface area contributed by atoms with E-state index in [4.69, 9.17) is 4.42 Å². The highest BCUT2D eigenvalue weighted by molar-refractivity contribution is 9.10. The average Bonchev–Trinajstić information content (AvgIpc) is 2.68. The van der Waals surface area contributed by atoms with Gasteiger partial charge < -0.3 is 9.52 Å². The monoisotopic (exact) mass is 496 g/mol. The second-order valence-electron chi connectivity index (χ2n) is 6.27. The summed E-state index contributed by atoms with van der Waals surface area (Å²) >= 11 is 6.82. The molecular weight excluding hydrogens is 484 g/mol. The molecule has 1 aliphatic heterocycles. The van der Waals surface area contributed by atoms with Crippen molar-refractivity contribution in [2.45, 2.75) is 0 Å². The Balaban J connectivity index is 1.89. The van der Waals surface area contributed by atoms with Gasteiger partial charge in [0, 0.05) is 31.7 Å². The Morgan fingerprint density at radius 1 is 0.821 bits per heavy atom. The largest absolute Gasteiger partial charge is 0.507 e. The first-order chi connectivity index (χ1) is 13.5. The zero-order valence-electron chi connectivity index (χ0n) is 14.5. The second-order valence-corrected chi connectivity index (χ2v) is 8.10. The smallest absolute Gasteiger partial charge is 0.182 e. The minimum atomic E-state index is -0.128. The van der Waals surface area contributed by atoms with Crippen molar-refractivity contribution in [3.8, 4) is 22.6 Å². The first kappa shape index (κ1) is 18.7.